The summed E-state index contributed by atoms with van der Waals surface area (Å²) in [5, 5.41) is 12.2. The largest absolute Gasteiger partial charge is 0.385 e. The Balaban J connectivity index is 1.83. The van der Waals surface area contributed by atoms with Gasteiger partial charge in [0.1, 0.15) is 0 Å². The highest BCUT2D eigenvalue weighted by atomic mass is 79.9. The second-order valence-electron chi connectivity index (χ2n) is 4.35. The SMILES string of the molecule is N#Cc1cc(Br)cc(NCCCC2CC2)c1. The number of anilines is 1. The lowest BCUT2D eigenvalue weighted by Crippen LogP contribution is -2.02. The van der Waals surface area contributed by atoms with E-state index in [1.165, 1.54) is 25.7 Å². The van der Waals surface area contributed by atoms with E-state index >= 15 is 0 Å². The van der Waals surface area contributed by atoms with Gasteiger partial charge in [0, 0.05) is 16.7 Å². The lowest BCUT2D eigenvalue weighted by atomic mass is 10.2. The summed E-state index contributed by atoms with van der Waals surface area (Å²) in [6, 6.07) is 7.89. The molecule has 84 valence electrons. The summed E-state index contributed by atoms with van der Waals surface area (Å²) in [5.74, 6) is 0.999. The van der Waals surface area contributed by atoms with E-state index in [-0.39, 0.29) is 0 Å². The van der Waals surface area contributed by atoms with Crippen molar-refractivity contribution in [3.63, 3.8) is 0 Å². The van der Waals surface area contributed by atoms with Gasteiger partial charge in [0.05, 0.1) is 11.6 Å². The maximum atomic E-state index is 8.84. The van der Waals surface area contributed by atoms with Crippen molar-refractivity contribution in [2.45, 2.75) is 25.7 Å². The molecule has 1 aromatic carbocycles. The van der Waals surface area contributed by atoms with Crippen LogP contribution in [0.25, 0.3) is 0 Å². The highest BCUT2D eigenvalue weighted by molar-refractivity contribution is 9.10. The number of nitrogens with one attached hydrogen (secondary N) is 1. The van der Waals surface area contributed by atoms with E-state index in [1.54, 1.807) is 0 Å². The van der Waals surface area contributed by atoms with Crippen LogP contribution < -0.4 is 5.32 Å². The van der Waals surface area contributed by atoms with Gasteiger partial charge >= 0.3 is 0 Å². The first-order valence-electron chi connectivity index (χ1n) is 5.72. The number of benzene rings is 1. The molecule has 0 amide bonds. The molecule has 0 aromatic heterocycles. The van der Waals surface area contributed by atoms with E-state index in [0.717, 1.165) is 22.6 Å². The van der Waals surface area contributed by atoms with Crippen molar-refractivity contribution < 1.29 is 0 Å². The predicted octanol–water partition coefficient (Wildman–Crippen LogP) is 3.92. The molecule has 1 saturated carbocycles. The first-order valence-corrected chi connectivity index (χ1v) is 6.52. The Bertz CT molecular complexity index is 405. The van der Waals surface area contributed by atoms with Gasteiger partial charge in [-0.2, -0.15) is 5.26 Å². The van der Waals surface area contributed by atoms with Crippen molar-refractivity contribution in [1.29, 1.82) is 5.26 Å². The maximum Gasteiger partial charge on any atom is 0.0992 e. The van der Waals surface area contributed by atoms with Gasteiger partial charge in [-0.15, -0.1) is 0 Å². The summed E-state index contributed by atoms with van der Waals surface area (Å²) in [4.78, 5) is 0. The fourth-order valence-electron chi connectivity index (χ4n) is 1.79. The zero-order valence-corrected chi connectivity index (χ0v) is 10.8. The Morgan fingerprint density at radius 3 is 2.88 bits per heavy atom. The van der Waals surface area contributed by atoms with Crippen LogP contribution >= 0.6 is 15.9 Å². The third-order valence-electron chi connectivity index (χ3n) is 2.84. The number of hydrogen-bond donors (Lipinski definition) is 1. The van der Waals surface area contributed by atoms with Crippen molar-refractivity contribution in [1.82, 2.24) is 0 Å². The number of nitrogens with zero attached hydrogens (tertiary/aromatic N) is 1. The van der Waals surface area contributed by atoms with Crippen molar-refractivity contribution in [3.8, 4) is 6.07 Å². The highest BCUT2D eigenvalue weighted by Gasteiger charge is 2.19. The molecule has 0 saturated heterocycles. The Labute approximate surface area is 105 Å². The minimum atomic E-state index is 0.694. The van der Waals surface area contributed by atoms with Crippen LogP contribution in [0.15, 0.2) is 22.7 Å². The lowest BCUT2D eigenvalue weighted by Gasteiger charge is -2.07. The molecular formula is C13H15BrN2. The van der Waals surface area contributed by atoms with Crippen molar-refractivity contribution in [2.24, 2.45) is 5.92 Å². The van der Waals surface area contributed by atoms with Gasteiger partial charge in [-0.05, 0) is 37.0 Å². The molecule has 1 fully saturated rings. The topological polar surface area (TPSA) is 35.8 Å². The van der Waals surface area contributed by atoms with E-state index in [9.17, 15) is 0 Å². The van der Waals surface area contributed by atoms with Crippen LogP contribution in [-0.2, 0) is 0 Å². The summed E-state index contributed by atoms with van der Waals surface area (Å²) in [6.45, 7) is 0.998. The Hall–Kier alpha value is -1.01. The minimum absolute atomic E-state index is 0.694. The van der Waals surface area contributed by atoms with E-state index in [1.807, 2.05) is 18.2 Å². The standard InChI is InChI=1S/C13H15BrN2/c14-12-6-11(9-15)7-13(8-12)16-5-1-2-10-3-4-10/h6-8,10,16H,1-5H2. The normalized spacial score (nSPS) is 14.5. The zero-order chi connectivity index (χ0) is 11.4. The summed E-state index contributed by atoms with van der Waals surface area (Å²) < 4.78 is 0.955. The summed E-state index contributed by atoms with van der Waals surface area (Å²) in [7, 11) is 0. The van der Waals surface area contributed by atoms with Crippen molar-refractivity contribution in [3.05, 3.63) is 28.2 Å². The van der Waals surface area contributed by atoms with Crippen LogP contribution in [0.2, 0.25) is 0 Å². The van der Waals surface area contributed by atoms with Gasteiger partial charge in [-0.1, -0.05) is 28.8 Å². The first-order chi connectivity index (χ1) is 7.78. The van der Waals surface area contributed by atoms with Gasteiger partial charge in [0.2, 0.25) is 0 Å². The van der Waals surface area contributed by atoms with E-state index in [4.69, 9.17) is 5.26 Å². The highest BCUT2D eigenvalue weighted by Crippen LogP contribution is 2.33. The minimum Gasteiger partial charge on any atom is -0.385 e. The van der Waals surface area contributed by atoms with Gasteiger partial charge in [0.25, 0.3) is 0 Å². The maximum absolute atomic E-state index is 8.84. The van der Waals surface area contributed by atoms with Crippen LogP contribution in [0.1, 0.15) is 31.2 Å². The van der Waals surface area contributed by atoms with E-state index < -0.39 is 0 Å². The molecule has 0 spiro atoms. The molecule has 1 N–H and O–H groups in total. The monoisotopic (exact) mass is 278 g/mol. The lowest BCUT2D eigenvalue weighted by molar-refractivity contribution is 0.687. The molecule has 16 heavy (non-hydrogen) atoms. The molecule has 0 atom stereocenters. The molecule has 0 unspecified atom stereocenters. The van der Waals surface area contributed by atoms with Gasteiger partial charge in [-0.3, -0.25) is 0 Å². The molecule has 0 radical (unpaired) electrons. The third-order valence-corrected chi connectivity index (χ3v) is 3.30. The number of halogens is 1. The van der Waals surface area contributed by atoms with Crippen LogP contribution in [0, 0.1) is 17.2 Å². The second kappa shape index (κ2) is 5.36. The fourth-order valence-corrected chi connectivity index (χ4v) is 2.28. The average molecular weight is 279 g/mol. The molecule has 1 aromatic rings. The number of nitriles is 1. The van der Waals surface area contributed by atoms with Gasteiger partial charge in [-0.25, -0.2) is 0 Å². The number of rotatable bonds is 5. The second-order valence-corrected chi connectivity index (χ2v) is 5.27. The summed E-state index contributed by atoms with van der Waals surface area (Å²) in [6.07, 6.45) is 5.41. The van der Waals surface area contributed by atoms with Crippen LogP contribution in [0.5, 0.6) is 0 Å². The van der Waals surface area contributed by atoms with Crippen molar-refractivity contribution in [2.75, 3.05) is 11.9 Å². The van der Waals surface area contributed by atoms with Crippen LogP contribution in [0.3, 0.4) is 0 Å². The van der Waals surface area contributed by atoms with Gasteiger partial charge in [0.15, 0.2) is 0 Å². The molecule has 3 heteroatoms. The smallest absolute Gasteiger partial charge is 0.0992 e. The Kier molecular flexibility index (Phi) is 3.84. The third kappa shape index (κ3) is 3.53. The molecule has 2 rings (SSSR count). The van der Waals surface area contributed by atoms with Crippen LogP contribution in [0.4, 0.5) is 5.69 Å². The van der Waals surface area contributed by atoms with Crippen LogP contribution in [-0.4, -0.2) is 6.54 Å². The molecule has 1 aliphatic rings. The molecule has 0 heterocycles. The summed E-state index contributed by atoms with van der Waals surface area (Å²) in [5.41, 5.74) is 1.72. The average Bonchev–Trinajstić information content (AvgIpc) is 3.07. The molecule has 2 nitrogen and oxygen atoms in total. The van der Waals surface area contributed by atoms with E-state index in [0.29, 0.717) is 5.56 Å². The quantitative estimate of drug-likeness (QED) is 0.829. The van der Waals surface area contributed by atoms with Gasteiger partial charge < -0.3 is 5.32 Å². The zero-order valence-electron chi connectivity index (χ0n) is 9.17. The number of hydrogen-bond acceptors (Lipinski definition) is 2. The predicted molar refractivity (Wildman–Crippen MR) is 69.3 cm³/mol. The first kappa shape index (κ1) is 11.5. The fraction of sp³-hybridized carbons (Fsp3) is 0.462. The van der Waals surface area contributed by atoms with Crippen molar-refractivity contribution >= 4 is 21.6 Å². The summed E-state index contributed by atoms with van der Waals surface area (Å²) >= 11 is 3.40. The van der Waals surface area contributed by atoms with E-state index in [2.05, 4.69) is 27.3 Å². The molecular weight excluding hydrogens is 264 g/mol. The Morgan fingerprint density at radius 1 is 1.38 bits per heavy atom. The molecule has 1 aliphatic carbocycles. The molecule has 0 aliphatic heterocycles. The molecule has 0 bridgehead atoms. The Morgan fingerprint density at radius 2 is 2.19 bits per heavy atom.